The summed E-state index contributed by atoms with van der Waals surface area (Å²) >= 11 is 0. The molecule has 186 valence electrons. The van der Waals surface area contributed by atoms with E-state index < -0.39 is 10.0 Å². The predicted octanol–water partition coefficient (Wildman–Crippen LogP) is 2.89. The van der Waals surface area contributed by atoms with Crippen LogP contribution in [0.25, 0.3) is 0 Å². The van der Waals surface area contributed by atoms with E-state index in [4.69, 9.17) is 0 Å². The summed E-state index contributed by atoms with van der Waals surface area (Å²) in [5.41, 5.74) is 3.57. The van der Waals surface area contributed by atoms with Crippen LogP contribution in [0.5, 0.6) is 0 Å². The van der Waals surface area contributed by atoms with Gasteiger partial charge in [0.2, 0.25) is 15.9 Å². The Morgan fingerprint density at radius 1 is 1.00 bits per heavy atom. The van der Waals surface area contributed by atoms with E-state index in [-0.39, 0.29) is 23.4 Å². The molecule has 8 heteroatoms. The molecule has 1 saturated heterocycles. The first-order chi connectivity index (χ1) is 17.5. The first-order valence-electron chi connectivity index (χ1n) is 12.3. The third kappa shape index (κ3) is 5.83. The number of carbonyl (C=O) groups excluding carboxylic acids is 1. The second-order valence-corrected chi connectivity index (χ2v) is 11.1. The molecule has 1 amide bonds. The molecule has 2 heterocycles. The molecule has 1 fully saturated rings. The number of hydrogen-bond acceptors (Lipinski definition) is 5. The number of aromatic nitrogens is 1. The quantitative estimate of drug-likeness (QED) is 0.494. The zero-order chi connectivity index (χ0) is 25.0. The summed E-state index contributed by atoms with van der Waals surface area (Å²) in [6.07, 6.45) is 6.66. The van der Waals surface area contributed by atoms with Crippen LogP contribution in [0.15, 0.2) is 84.0 Å². The fourth-order valence-electron chi connectivity index (χ4n) is 5.02. The normalized spacial score (nSPS) is 19.2. The van der Waals surface area contributed by atoms with Crippen LogP contribution >= 0.6 is 0 Å². The van der Waals surface area contributed by atoms with Crippen molar-refractivity contribution in [2.45, 2.75) is 36.6 Å². The summed E-state index contributed by atoms with van der Waals surface area (Å²) < 4.78 is 28.1. The molecule has 1 aromatic heterocycles. The van der Waals surface area contributed by atoms with E-state index in [0.717, 1.165) is 30.4 Å². The Kier molecular flexibility index (Phi) is 7.46. The summed E-state index contributed by atoms with van der Waals surface area (Å²) in [6.45, 7) is 1.40. The minimum absolute atomic E-state index is 0.0698. The number of pyridine rings is 1. The molecule has 2 aromatic carbocycles. The van der Waals surface area contributed by atoms with Gasteiger partial charge in [-0.25, -0.2) is 13.1 Å². The van der Waals surface area contributed by atoms with Gasteiger partial charge >= 0.3 is 0 Å². The largest absolute Gasteiger partial charge is 0.346 e. The number of benzene rings is 2. The van der Waals surface area contributed by atoms with E-state index in [0.29, 0.717) is 25.9 Å². The lowest BCUT2D eigenvalue weighted by atomic mass is 9.76. The summed E-state index contributed by atoms with van der Waals surface area (Å²) in [6, 6.07) is 21.5. The lowest BCUT2D eigenvalue weighted by Gasteiger charge is -2.33. The Labute approximate surface area is 213 Å². The second-order valence-electron chi connectivity index (χ2n) is 9.36. The maximum atomic E-state index is 13.1. The molecule has 2 radical (unpaired) electrons. The van der Waals surface area contributed by atoms with E-state index in [1.807, 2.05) is 23.2 Å². The van der Waals surface area contributed by atoms with Crippen molar-refractivity contribution in [3.63, 3.8) is 0 Å². The molecular weight excluding hydrogens is 472 g/mol. The lowest BCUT2D eigenvalue weighted by Crippen LogP contribution is -2.43. The van der Waals surface area contributed by atoms with Gasteiger partial charge in [-0.1, -0.05) is 48.5 Å². The molecule has 2 N–H and O–H groups in total. The zero-order valence-corrected chi connectivity index (χ0v) is 20.9. The molecule has 0 saturated carbocycles. The van der Waals surface area contributed by atoms with Crippen molar-refractivity contribution >= 4 is 15.9 Å². The molecule has 7 nitrogen and oxygen atoms in total. The van der Waals surface area contributed by atoms with E-state index in [1.165, 1.54) is 11.1 Å². The van der Waals surface area contributed by atoms with Gasteiger partial charge < -0.3 is 5.32 Å². The first-order valence-corrected chi connectivity index (χ1v) is 13.7. The average molecular weight is 503 g/mol. The van der Waals surface area contributed by atoms with Crippen LogP contribution in [0, 0.1) is 12.0 Å². The Morgan fingerprint density at radius 3 is 2.61 bits per heavy atom. The number of carbonyl (C=O) groups is 1. The third-order valence-electron chi connectivity index (χ3n) is 6.76. The van der Waals surface area contributed by atoms with Gasteiger partial charge in [0.15, 0.2) is 0 Å². The molecule has 1 aliphatic carbocycles. The molecule has 2 aliphatic rings. The number of hydrogen-bond donors (Lipinski definition) is 2. The summed E-state index contributed by atoms with van der Waals surface area (Å²) in [5.74, 6) is 1.06. The highest BCUT2D eigenvalue weighted by molar-refractivity contribution is 7.89. The lowest BCUT2D eigenvalue weighted by molar-refractivity contribution is -0.121. The van der Waals surface area contributed by atoms with Crippen LogP contribution in [0.2, 0.25) is 0 Å². The third-order valence-corrected chi connectivity index (χ3v) is 8.30. The number of likely N-dealkylation sites (tertiary alicyclic amines) is 1. The first kappa shape index (κ1) is 24.6. The molecule has 36 heavy (non-hydrogen) atoms. The van der Waals surface area contributed by atoms with Crippen molar-refractivity contribution in [2.24, 2.45) is 0 Å². The highest BCUT2D eigenvalue weighted by atomic mass is 32.2. The number of amides is 1. The molecule has 0 spiro atoms. The van der Waals surface area contributed by atoms with Crippen LogP contribution in [-0.4, -0.2) is 49.9 Å². The van der Waals surface area contributed by atoms with Crippen molar-refractivity contribution in [3.8, 4) is 0 Å². The van der Waals surface area contributed by atoms with Crippen molar-refractivity contribution in [1.82, 2.24) is 19.9 Å². The van der Waals surface area contributed by atoms with Crippen molar-refractivity contribution in [2.75, 3.05) is 19.6 Å². The Morgan fingerprint density at radius 2 is 1.81 bits per heavy atom. The number of fused-ring (bicyclic) bond motifs is 1. The monoisotopic (exact) mass is 502 g/mol. The van der Waals surface area contributed by atoms with Gasteiger partial charge in [-0.15, -0.1) is 0 Å². The van der Waals surface area contributed by atoms with Gasteiger partial charge in [0.05, 0.1) is 17.5 Å². The van der Waals surface area contributed by atoms with Gasteiger partial charge in [-0.2, -0.15) is 0 Å². The van der Waals surface area contributed by atoms with E-state index in [2.05, 4.69) is 39.3 Å². The standard InChI is InChI=1S/C28H30N4O3S/c33-28(20-32-16-14-23(19-32)31-36(34,35)24-9-2-1-3-10-24)30-27-13-12-22-8-4-5-11-25(22)26(27)17-21-7-6-15-29-18-21/h1-11,15,18,23,31H,12-14,16-17,19-20H2,(H,30,33). The molecule has 5 rings (SSSR count). The van der Waals surface area contributed by atoms with Crippen molar-refractivity contribution in [1.29, 1.82) is 0 Å². The molecule has 1 atom stereocenters. The maximum Gasteiger partial charge on any atom is 0.240 e. The van der Waals surface area contributed by atoms with Crippen molar-refractivity contribution in [3.05, 3.63) is 108 Å². The minimum Gasteiger partial charge on any atom is -0.346 e. The van der Waals surface area contributed by atoms with Crippen LogP contribution in [0.3, 0.4) is 0 Å². The van der Waals surface area contributed by atoms with E-state index in [9.17, 15) is 13.2 Å². The smallest absolute Gasteiger partial charge is 0.240 e. The summed E-state index contributed by atoms with van der Waals surface area (Å²) in [4.78, 5) is 19.6. The Bertz CT molecular complexity index is 1280. The van der Waals surface area contributed by atoms with Gasteiger partial charge in [0.1, 0.15) is 0 Å². The zero-order valence-electron chi connectivity index (χ0n) is 20.1. The summed E-state index contributed by atoms with van der Waals surface area (Å²) in [5, 5.41) is 3.19. The maximum absolute atomic E-state index is 13.1. The van der Waals surface area contributed by atoms with Crippen LogP contribution in [0.1, 0.15) is 29.5 Å². The molecule has 0 bridgehead atoms. The minimum atomic E-state index is -3.57. The Hall–Kier alpha value is -3.07. The molecule has 1 unspecified atom stereocenters. The van der Waals surface area contributed by atoms with Gasteiger partial charge in [0, 0.05) is 37.4 Å². The fourth-order valence-corrected chi connectivity index (χ4v) is 6.31. The van der Waals surface area contributed by atoms with Crippen LogP contribution in [-0.2, 0) is 27.7 Å². The van der Waals surface area contributed by atoms with E-state index >= 15 is 0 Å². The van der Waals surface area contributed by atoms with Crippen molar-refractivity contribution < 1.29 is 13.2 Å². The second kappa shape index (κ2) is 10.9. The molecule has 3 aromatic rings. The number of aryl methyl sites for hydroxylation is 1. The topological polar surface area (TPSA) is 91.4 Å². The van der Waals surface area contributed by atoms with Crippen LogP contribution in [0.4, 0.5) is 0 Å². The SMILES string of the molecule is O=C(CN1CCC(NS(=O)(=O)c2ccccc2)C1)N[C]1CCc2ccccc2[C]1Cc1cccnc1. The van der Waals surface area contributed by atoms with Crippen LogP contribution < -0.4 is 10.0 Å². The van der Waals surface area contributed by atoms with E-state index in [1.54, 1.807) is 36.5 Å². The molecule has 1 aliphatic heterocycles. The number of sulfonamides is 1. The highest BCUT2D eigenvalue weighted by Crippen LogP contribution is 2.37. The highest BCUT2D eigenvalue weighted by Gasteiger charge is 2.33. The van der Waals surface area contributed by atoms with Gasteiger partial charge in [-0.3, -0.25) is 14.7 Å². The number of rotatable bonds is 8. The fraction of sp³-hybridized carbons (Fsp3) is 0.286. The van der Waals surface area contributed by atoms with Gasteiger partial charge in [0.25, 0.3) is 0 Å². The average Bonchev–Trinajstić information content (AvgIpc) is 3.32. The molecular formula is C28H30N4O3S. The Balaban J connectivity index is 1.20. The predicted molar refractivity (Wildman–Crippen MR) is 138 cm³/mol. The number of nitrogens with one attached hydrogen (secondary N) is 2. The summed E-state index contributed by atoms with van der Waals surface area (Å²) in [7, 11) is -3.57. The van der Waals surface area contributed by atoms with Gasteiger partial charge in [-0.05, 0) is 60.6 Å². The number of nitrogens with zero attached hydrogens (tertiary/aromatic N) is 2.